The van der Waals surface area contributed by atoms with E-state index in [2.05, 4.69) is 20.3 Å². The van der Waals surface area contributed by atoms with Gasteiger partial charge in [0.15, 0.2) is 11.6 Å². The van der Waals surface area contributed by atoms with E-state index in [1.807, 2.05) is 30.3 Å². The Labute approximate surface area is 251 Å². The number of ketones is 1. The summed E-state index contributed by atoms with van der Waals surface area (Å²) in [5.74, 6) is -2.58. The van der Waals surface area contributed by atoms with Gasteiger partial charge in [0.05, 0.1) is 36.0 Å². The molecular formula is C34H30F4N4O2. The van der Waals surface area contributed by atoms with Crippen molar-refractivity contribution in [3.63, 3.8) is 0 Å². The minimum Gasteiger partial charge on any atom is -0.375 e. The molecule has 0 radical (unpaired) electrons. The summed E-state index contributed by atoms with van der Waals surface area (Å²) in [5, 5.41) is 3.34. The first-order chi connectivity index (χ1) is 21.3. The van der Waals surface area contributed by atoms with Crippen molar-refractivity contribution in [2.75, 3.05) is 13.2 Å². The van der Waals surface area contributed by atoms with E-state index in [-0.39, 0.29) is 49.1 Å². The Morgan fingerprint density at radius 1 is 0.932 bits per heavy atom. The van der Waals surface area contributed by atoms with Gasteiger partial charge in [0.25, 0.3) is 0 Å². The molecule has 1 saturated heterocycles. The molecule has 0 amide bonds. The number of fused-ring (bicyclic) bond motifs is 1. The molecule has 2 N–H and O–H groups in total. The van der Waals surface area contributed by atoms with Gasteiger partial charge in [0, 0.05) is 43.6 Å². The molecule has 0 aliphatic carbocycles. The Kier molecular flexibility index (Phi) is 8.81. The number of morpholine rings is 1. The van der Waals surface area contributed by atoms with Crippen LogP contribution in [0.5, 0.6) is 0 Å². The van der Waals surface area contributed by atoms with Crippen LogP contribution in [0.1, 0.15) is 52.9 Å². The highest BCUT2D eigenvalue weighted by molar-refractivity contribution is 5.82. The second kappa shape index (κ2) is 13.1. The third kappa shape index (κ3) is 6.71. The SMILES string of the molecule is O=C(Cc1cncc(F)c1CC[C@@H]1CN[C@H](c2nc3cc(F)c(F)cc3[nH]2)CO1)C[C@H](c1ccccc1)c1ccc(F)cc1. The van der Waals surface area contributed by atoms with Gasteiger partial charge >= 0.3 is 0 Å². The molecule has 1 aliphatic rings. The molecule has 10 heteroatoms. The van der Waals surface area contributed by atoms with Gasteiger partial charge in [-0.05, 0) is 47.2 Å². The number of benzene rings is 3. The monoisotopic (exact) mass is 602 g/mol. The Morgan fingerprint density at radius 2 is 1.68 bits per heavy atom. The highest BCUT2D eigenvalue weighted by Crippen LogP contribution is 2.30. The summed E-state index contributed by atoms with van der Waals surface area (Å²) in [7, 11) is 0. The number of imidazole rings is 1. The number of H-pyrrole nitrogens is 1. The summed E-state index contributed by atoms with van der Waals surface area (Å²) < 4.78 is 61.8. The lowest BCUT2D eigenvalue weighted by Gasteiger charge is -2.29. The fourth-order valence-corrected chi connectivity index (χ4v) is 5.73. The van der Waals surface area contributed by atoms with E-state index in [4.69, 9.17) is 4.74 Å². The predicted octanol–water partition coefficient (Wildman–Crippen LogP) is 6.51. The van der Waals surface area contributed by atoms with Crippen LogP contribution in [0.2, 0.25) is 0 Å². The second-order valence-electron chi connectivity index (χ2n) is 11.1. The average Bonchev–Trinajstić information content (AvgIpc) is 3.43. The molecule has 3 heterocycles. The maximum absolute atomic E-state index is 15.0. The normalized spacial score (nSPS) is 17.5. The van der Waals surface area contributed by atoms with E-state index in [9.17, 15) is 22.4 Å². The number of carbonyl (C=O) groups excluding carboxylic acids is 1. The number of hydrogen-bond acceptors (Lipinski definition) is 5. The number of nitrogens with zero attached hydrogens (tertiary/aromatic N) is 2. The summed E-state index contributed by atoms with van der Waals surface area (Å²) in [6.07, 6.45) is 3.50. The average molecular weight is 603 g/mol. The summed E-state index contributed by atoms with van der Waals surface area (Å²) in [5.41, 5.74) is 3.44. The first-order valence-electron chi connectivity index (χ1n) is 14.5. The van der Waals surface area contributed by atoms with Crippen LogP contribution < -0.4 is 5.32 Å². The topological polar surface area (TPSA) is 79.9 Å². The summed E-state index contributed by atoms with van der Waals surface area (Å²) in [6, 6.07) is 17.5. The van der Waals surface area contributed by atoms with Gasteiger partial charge in [-0.15, -0.1) is 0 Å². The maximum Gasteiger partial charge on any atom is 0.161 e. The van der Waals surface area contributed by atoms with Crippen LogP contribution in [0.25, 0.3) is 11.0 Å². The van der Waals surface area contributed by atoms with E-state index in [0.29, 0.717) is 47.4 Å². The van der Waals surface area contributed by atoms with E-state index >= 15 is 0 Å². The molecule has 3 atom stereocenters. The molecule has 1 fully saturated rings. The molecule has 6 nitrogen and oxygen atoms in total. The van der Waals surface area contributed by atoms with Gasteiger partial charge in [-0.3, -0.25) is 9.78 Å². The highest BCUT2D eigenvalue weighted by Gasteiger charge is 2.26. The summed E-state index contributed by atoms with van der Waals surface area (Å²) in [4.78, 5) is 24.7. The number of ether oxygens (including phenoxy) is 1. The molecule has 226 valence electrons. The van der Waals surface area contributed by atoms with Gasteiger partial charge in [-0.25, -0.2) is 22.5 Å². The smallest absolute Gasteiger partial charge is 0.161 e. The van der Waals surface area contributed by atoms with Crippen LogP contribution in [0, 0.1) is 23.3 Å². The molecule has 6 rings (SSSR count). The van der Waals surface area contributed by atoms with E-state index < -0.39 is 17.5 Å². The molecule has 3 aromatic carbocycles. The Morgan fingerprint density at radius 3 is 2.43 bits per heavy atom. The van der Waals surface area contributed by atoms with Crippen molar-refractivity contribution >= 4 is 16.8 Å². The lowest BCUT2D eigenvalue weighted by atomic mass is 9.85. The van der Waals surface area contributed by atoms with E-state index in [1.165, 1.54) is 18.3 Å². The van der Waals surface area contributed by atoms with Gasteiger partial charge in [-0.1, -0.05) is 42.5 Å². The Bertz CT molecular complexity index is 1710. The zero-order valence-corrected chi connectivity index (χ0v) is 23.7. The van der Waals surface area contributed by atoms with Crippen LogP contribution in [-0.4, -0.2) is 40.0 Å². The number of nitrogens with one attached hydrogen (secondary N) is 2. The van der Waals surface area contributed by atoms with E-state index in [1.54, 1.807) is 12.1 Å². The lowest BCUT2D eigenvalue weighted by Crippen LogP contribution is -2.41. The molecular weight excluding hydrogens is 572 g/mol. The molecule has 0 unspecified atom stereocenters. The van der Waals surface area contributed by atoms with Crippen LogP contribution >= 0.6 is 0 Å². The summed E-state index contributed by atoms with van der Waals surface area (Å²) >= 11 is 0. The van der Waals surface area contributed by atoms with Crippen molar-refractivity contribution in [3.8, 4) is 0 Å². The molecule has 2 aromatic heterocycles. The number of pyridine rings is 1. The highest BCUT2D eigenvalue weighted by atomic mass is 19.2. The zero-order valence-electron chi connectivity index (χ0n) is 23.7. The van der Waals surface area contributed by atoms with Crippen molar-refractivity contribution in [3.05, 3.63) is 130 Å². The number of hydrogen-bond donors (Lipinski definition) is 2. The Balaban J connectivity index is 1.09. The van der Waals surface area contributed by atoms with Crippen LogP contribution in [0.4, 0.5) is 17.6 Å². The molecule has 44 heavy (non-hydrogen) atoms. The maximum atomic E-state index is 15.0. The van der Waals surface area contributed by atoms with Crippen molar-refractivity contribution in [1.82, 2.24) is 20.3 Å². The number of halogens is 4. The third-order valence-corrected chi connectivity index (χ3v) is 8.07. The fraction of sp³-hybridized carbons (Fsp3) is 0.265. The second-order valence-corrected chi connectivity index (χ2v) is 11.1. The summed E-state index contributed by atoms with van der Waals surface area (Å²) in [6.45, 7) is 0.728. The molecule has 0 saturated carbocycles. The number of carbonyl (C=O) groups is 1. The van der Waals surface area contributed by atoms with Crippen molar-refractivity contribution in [2.45, 2.75) is 43.7 Å². The number of rotatable bonds is 10. The van der Waals surface area contributed by atoms with Crippen molar-refractivity contribution < 1.29 is 27.1 Å². The van der Waals surface area contributed by atoms with Crippen LogP contribution in [0.15, 0.2) is 79.1 Å². The molecule has 0 bridgehead atoms. The molecule has 1 aliphatic heterocycles. The van der Waals surface area contributed by atoms with Gasteiger partial charge in [-0.2, -0.15) is 0 Å². The third-order valence-electron chi connectivity index (χ3n) is 8.07. The molecule has 0 spiro atoms. The van der Waals surface area contributed by atoms with E-state index in [0.717, 1.165) is 29.5 Å². The van der Waals surface area contributed by atoms with Crippen LogP contribution in [0.3, 0.4) is 0 Å². The lowest BCUT2D eigenvalue weighted by molar-refractivity contribution is -0.118. The predicted molar refractivity (Wildman–Crippen MR) is 157 cm³/mol. The first-order valence-corrected chi connectivity index (χ1v) is 14.5. The zero-order chi connectivity index (χ0) is 30.6. The Hall–Kier alpha value is -4.41. The minimum absolute atomic E-state index is 0.0176. The standard InChI is InChI=1S/C34H30F4N4O2/c35-23-8-6-21(7-9-23)27(20-4-2-1-3-5-20)13-24(43)12-22-16-39-18-30(38)26(22)11-10-25-17-40-33(19-44-25)34-41-31-14-28(36)29(37)15-32(31)42-34/h1-9,14-16,18,25,27,33,40H,10-13,17,19H2,(H,41,42)/t25-,27-,33+/m1/s1. The largest absolute Gasteiger partial charge is 0.375 e. The number of Topliss-reactive ketones (excluding diaryl/α,β-unsaturated/α-hetero) is 1. The first kappa shape index (κ1) is 29.7. The van der Waals surface area contributed by atoms with Crippen molar-refractivity contribution in [1.29, 1.82) is 0 Å². The minimum atomic E-state index is -0.961. The quantitative estimate of drug-likeness (QED) is 0.178. The van der Waals surface area contributed by atoms with Gasteiger partial charge < -0.3 is 15.0 Å². The van der Waals surface area contributed by atoms with Crippen LogP contribution in [-0.2, 0) is 22.4 Å². The van der Waals surface area contributed by atoms with Gasteiger partial charge in [0.1, 0.15) is 23.2 Å². The number of aromatic amines is 1. The van der Waals surface area contributed by atoms with Gasteiger partial charge in [0.2, 0.25) is 0 Å². The van der Waals surface area contributed by atoms with Crippen molar-refractivity contribution in [2.24, 2.45) is 0 Å². The molecule has 5 aromatic rings. The number of aromatic nitrogens is 3. The fourth-order valence-electron chi connectivity index (χ4n) is 5.73.